The van der Waals surface area contributed by atoms with Crippen molar-refractivity contribution in [2.24, 2.45) is 0 Å². The molecule has 0 fully saturated rings. The Labute approximate surface area is 107 Å². The number of carbonyl (C=O) groups excluding carboxylic acids is 1. The van der Waals surface area contributed by atoms with Crippen LogP contribution in [0.1, 0.15) is 27.2 Å². The zero-order valence-electron chi connectivity index (χ0n) is 11.1. The second-order valence-electron chi connectivity index (χ2n) is 4.74. The minimum atomic E-state index is -0.606. The van der Waals surface area contributed by atoms with Crippen molar-refractivity contribution in [3.05, 3.63) is 22.9 Å². The highest BCUT2D eigenvalue weighted by atomic mass is 16.5. The summed E-state index contributed by atoms with van der Waals surface area (Å²) in [5.74, 6) is -0.606. The fraction of sp³-hybridized carbons (Fsp3) is 0.538. The lowest BCUT2D eigenvalue weighted by molar-refractivity contribution is -0.318. The van der Waals surface area contributed by atoms with Crippen molar-refractivity contribution in [3.63, 3.8) is 0 Å². The van der Waals surface area contributed by atoms with Crippen LogP contribution in [0.25, 0.3) is 0 Å². The van der Waals surface area contributed by atoms with Gasteiger partial charge in [0.25, 0.3) is 0 Å². The molecule has 1 aliphatic heterocycles. The highest BCUT2D eigenvalue weighted by Crippen LogP contribution is 2.26. The molecule has 5 heteroatoms. The Bertz CT molecular complexity index is 442. The van der Waals surface area contributed by atoms with E-state index in [4.69, 9.17) is 14.7 Å². The van der Waals surface area contributed by atoms with Gasteiger partial charge in [-0.3, -0.25) is 0 Å². The third-order valence-corrected chi connectivity index (χ3v) is 2.65. The predicted molar refractivity (Wildman–Crippen MR) is 64.9 cm³/mol. The number of rotatable bonds is 3. The van der Waals surface area contributed by atoms with E-state index in [1.54, 1.807) is 6.92 Å². The Balaban J connectivity index is 2.94. The van der Waals surface area contributed by atoms with Gasteiger partial charge in [-0.15, -0.1) is 0 Å². The summed E-state index contributed by atoms with van der Waals surface area (Å²) in [4.78, 5) is 11.5. The maximum Gasteiger partial charge on any atom is 0.348 e. The van der Waals surface area contributed by atoms with Crippen molar-refractivity contribution in [3.8, 4) is 6.07 Å². The minimum Gasteiger partial charge on any atom is -0.462 e. The maximum atomic E-state index is 11.5. The van der Waals surface area contributed by atoms with Gasteiger partial charge in [0, 0.05) is 5.57 Å². The van der Waals surface area contributed by atoms with Crippen LogP contribution in [0.2, 0.25) is 0 Å². The molecule has 3 N–H and O–H groups in total. The maximum absolute atomic E-state index is 11.5. The topological polar surface area (TPSA) is 87.0 Å². The van der Waals surface area contributed by atoms with Gasteiger partial charge in [0.15, 0.2) is 0 Å². The van der Waals surface area contributed by atoms with Gasteiger partial charge in [-0.2, -0.15) is 5.26 Å². The molecular formula is C13H19N2O3+. The summed E-state index contributed by atoms with van der Waals surface area (Å²) in [6, 6.07) is 1.84. The van der Waals surface area contributed by atoms with E-state index >= 15 is 0 Å². The van der Waals surface area contributed by atoms with Crippen LogP contribution in [-0.2, 0) is 14.3 Å². The molecule has 0 atom stereocenters. The lowest BCUT2D eigenvalue weighted by atomic mass is 9.96. The van der Waals surface area contributed by atoms with Crippen LogP contribution >= 0.6 is 0 Å². The molecular weight excluding hydrogens is 232 g/mol. The average Bonchev–Trinajstić information content (AvgIpc) is 2.27. The number of hydrogen-bond acceptors (Lipinski definition) is 4. The van der Waals surface area contributed by atoms with E-state index in [0.29, 0.717) is 13.0 Å². The molecule has 1 rings (SSSR count). The second kappa shape index (κ2) is 5.80. The molecule has 0 unspecified atom stereocenters. The van der Waals surface area contributed by atoms with Gasteiger partial charge in [0.2, 0.25) is 0 Å². The van der Waals surface area contributed by atoms with E-state index in [0.717, 1.165) is 11.3 Å². The zero-order valence-corrected chi connectivity index (χ0v) is 11.1. The van der Waals surface area contributed by atoms with E-state index in [1.807, 2.05) is 19.9 Å². The highest BCUT2D eigenvalue weighted by molar-refractivity contribution is 5.93. The SMILES string of the molecule is CCOC(=O)/C(C#N)=C/C1=C([NH3+])CC(C)(C)OC1. The first-order valence-corrected chi connectivity index (χ1v) is 5.86. The molecule has 0 aromatic heterocycles. The number of esters is 1. The van der Waals surface area contributed by atoms with Crippen molar-refractivity contribution in [1.82, 2.24) is 0 Å². The molecule has 0 aromatic rings. The molecule has 0 saturated heterocycles. The van der Waals surface area contributed by atoms with Crippen molar-refractivity contribution in [2.45, 2.75) is 32.8 Å². The van der Waals surface area contributed by atoms with E-state index in [9.17, 15) is 4.79 Å². The summed E-state index contributed by atoms with van der Waals surface area (Å²) >= 11 is 0. The number of nitrogens with zero attached hydrogens (tertiary/aromatic N) is 1. The van der Waals surface area contributed by atoms with E-state index < -0.39 is 5.97 Å². The summed E-state index contributed by atoms with van der Waals surface area (Å²) < 4.78 is 10.4. The second-order valence-corrected chi connectivity index (χ2v) is 4.74. The van der Waals surface area contributed by atoms with Gasteiger partial charge in [0.05, 0.1) is 25.2 Å². The van der Waals surface area contributed by atoms with Gasteiger partial charge in [-0.25, -0.2) is 4.79 Å². The lowest BCUT2D eigenvalue weighted by Gasteiger charge is -2.29. The van der Waals surface area contributed by atoms with Gasteiger partial charge in [-0.1, -0.05) is 0 Å². The minimum absolute atomic E-state index is 0.0173. The van der Waals surface area contributed by atoms with Crippen LogP contribution in [-0.4, -0.2) is 24.8 Å². The van der Waals surface area contributed by atoms with Crippen molar-refractivity contribution < 1.29 is 20.0 Å². The van der Waals surface area contributed by atoms with Crippen LogP contribution in [0.5, 0.6) is 0 Å². The quantitative estimate of drug-likeness (QED) is 0.454. The fourth-order valence-electron chi connectivity index (χ4n) is 1.72. The molecule has 0 amide bonds. The molecule has 0 radical (unpaired) electrons. The molecule has 1 heterocycles. The highest BCUT2D eigenvalue weighted by Gasteiger charge is 2.28. The smallest absolute Gasteiger partial charge is 0.348 e. The average molecular weight is 251 g/mol. The van der Waals surface area contributed by atoms with E-state index in [-0.39, 0.29) is 17.8 Å². The molecule has 0 spiro atoms. The molecule has 18 heavy (non-hydrogen) atoms. The molecule has 98 valence electrons. The molecule has 0 aromatic carbocycles. The summed E-state index contributed by atoms with van der Waals surface area (Å²) in [5.41, 5.74) is 5.37. The van der Waals surface area contributed by atoms with Crippen LogP contribution in [0.3, 0.4) is 0 Å². The molecule has 0 bridgehead atoms. The van der Waals surface area contributed by atoms with Crippen LogP contribution < -0.4 is 5.73 Å². The third-order valence-electron chi connectivity index (χ3n) is 2.65. The van der Waals surface area contributed by atoms with Crippen LogP contribution in [0, 0.1) is 11.3 Å². The first-order chi connectivity index (χ1) is 8.39. The Morgan fingerprint density at radius 2 is 2.33 bits per heavy atom. The van der Waals surface area contributed by atoms with E-state index in [1.165, 1.54) is 6.08 Å². The Morgan fingerprint density at radius 3 is 2.83 bits per heavy atom. The summed E-state index contributed by atoms with van der Waals surface area (Å²) in [7, 11) is 0. The molecule has 1 aliphatic rings. The largest absolute Gasteiger partial charge is 0.462 e. The van der Waals surface area contributed by atoms with Crippen LogP contribution in [0.15, 0.2) is 22.9 Å². The number of carbonyl (C=O) groups is 1. The van der Waals surface area contributed by atoms with Crippen molar-refractivity contribution >= 4 is 5.97 Å². The standard InChI is InChI=1S/C13H18N2O3/c1-4-17-12(16)9(7-14)5-10-8-18-13(2,3)6-11(10)15/h5H,4,6,8,15H2,1-3H3/p+1/b9-5+. The Kier molecular flexibility index (Phi) is 4.65. The number of quaternary nitrogens is 1. The monoisotopic (exact) mass is 251 g/mol. The first-order valence-electron chi connectivity index (χ1n) is 5.86. The normalized spacial score (nSPS) is 19.4. The Hall–Kier alpha value is -1.64. The van der Waals surface area contributed by atoms with Crippen LogP contribution in [0.4, 0.5) is 0 Å². The van der Waals surface area contributed by atoms with Crippen molar-refractivity contribution in [1.29, 1.82) is 5.26 Å². The van der Waals surface area contributed by atoms with E-state index in [2.05, 4.69) is 5.73 Å². The number of ether oxygens (including phenoxy) is 2. The first kappa shape index (κ1) is 14.4. The molecule has 0 aliphatic carbocycles. The summed E-state index contributed by atoms with van der Waals surface area (Å²) in [6.45, 7) is 6.27. The summed E-state index contributed by atoms with van der Waals surface area (Å²) in [6.07, 6.45) is 2.19. The van der Waals surface area contributed by atoms with Gasteiger partial charge < -0.3 is 15.2 Å². The third kappa shape index (κ3) is 3.69. The lowest BCUT2D eigenvalue weighted by Crippen LogP contribution is -2.53. The fourth-order valence-corrected chi connectivity index (χ4v) is 1.72. The number of nitriles is 1. The van der Waals surface area contributed by atoms with Gasteiger partial charge in [-0.05, 0) is 26.8 Å². The number of hydrogen-bond donors (Lipinski definition) is 1. The van der Waals surface area contributed by atoms with Gasteiger partial charge >= 0.3 is 5.97 Å². The molecule has 0 saturated carbocycles. The predicted octanol–water partition coefficient (Wildman–Crippen LogP) is 0.694. The summed E-state index contributed by atoms with van der Waals surface area (Å²) in [5, 5.41) is 8.94. The Morgan fingerprint density at radius 1 is 1.67 bits per heavy atom. The zero-order chi connectivity index (χ0) is 13.8. The molecule has 5 nitrogen and oxygen atoms in total. The van der Waals surface area contributed by atoms with Gasteiger partial charge in [0.1, 0.15) is 17.3 Å². The van der Waals surface area contributed by atoms with Crippen molar-refractivity contribution in [2.75, 3.05) is 13.2 Å².